The highest BCUT2D eigenvalue weighted by Crippen LogP contribution is 2.31. The molecule has 1 fully saturated rings. The van der Waals surface area contributed by atoms with Crippen LogP contribution in [-0.4, -0.2) is 50.8 Å². The number of nitrogens with one attached hydrogen (secondary N) is 2. The first-order chi connectivity index (χ1) is 15.6. The standard InChI is InChI=1S/C24H33N5O3S/c1-6-15(2)20(30)25-19(24(3,4)5)23(32)29-14-10-13-17(29)21(31)26-22-18(27-28-33-22)16-11-8-7-9-12-16/h7-9,11-12,15,17,19H,6,10,13-14H2,1-5H3,(H,25,30)(H,26,31)/t15-,17+,19-/m1/s1. The maximum atomic E-state index is 13.6. The summed E-state index contributed by atoms with van der Waals surface area (Å²) in [6.45, 7) is 10.0. The van der Waals surface area contributed by atoms with Crippen LogP contribution < -0.4 is 10.6 Å². The Hall–Kier alpha value is -2.81. The molecule has 0 unspecified atom stereocenters. The van der Waals surface area contributed by atoms with Gasteiger partial charge in [0.05, 0.1) is 0 Å². The van der Waals surface area contributed by atoms with Gasteiger partial charge in [0.25, 0.3) is 0 Å². The van der Waals surface area contributed by atoms with Crippen LogP contribution in [0.15, 0.2) is 30.3 Å². The molecule has 2 heterocycles. The second-order valence-electron chi connectivity index (χ2n) is 9.61. The van der Waals surface area contributed by atoms with Crippen LogP contribution in [0, 0.1) is 11.3 Å². The molecule has 33 heavy (non-hydrogen) atoms. The number of hydrogen-bond acceptors (Lipinski definition) is 6. The fourth-order valence-electron chi connectivity index (χ4n) is 3.84. The minimum absolute atomic E-state index is 0.144. The number of aromatic nitrogens is 2. The first kappa shape index (κ1) is 24.8. The zero-order chi connectivity index (χ0) is 24.2. The third-order valence-corrected chi connectivity index (χ3v) is 6.71. The highest BCUT2D eigenvalue weighted by atomic mass is 32.1. The molecule has 1 aromatic carbocycles. The summed E-state index contributed by atoms with van der Waals surface area (Å²) < 4.78 is 4.00. The van der Waals surface area contributed by atoms with Gasteiger partial charge in [-0.1, -0.05) is 69.4 Å². The molecule has 0 aliphatic carbocycles. The smallest absolute Gasteiger partial charge is 0.247 e. The van der Waals surface area contributed by atoms with Gasteiger partial charge >= 0.3 is 0 Å². The summed E-state index contributed by atoms with van der Waals surface area (Å²) >= 11 is 1.11. The lowest BCUT2D eigenvalue weighted by Crippen LogP contribution is -2.57. The number of anilines is 1. The van der Waals surface area contributed by atoms with E-state index in [9.17, 15) is 14.4 Å². The van der Waals surface area contributed by atoms with Crippen molar-refractivity contribution in [3.8, 4) is 11.3 Å². The van der Waals surface area contributed by atoms with Crippen molar-refractivity contribution in [2.24, 2.45) is 11.3 Å². The quantitative estimate of drug-likeness (QED) is 0.641. The molecule has 9 heteroatoms. The van der Waals surface area contributed by atoms with Gasteiger partial charge in [0.15, 0.2) is 0 Å². The Morgan fingerprint density at radius 1 is 1.21 bits per heavy atom. The van der Waals surface area contributed by atoms with Crippen LogP contribution in [0.2, 0.25) is 0 Å². The van der Waals surface area contributed by atoms with Gasteiger partial charge in [-0.3, -0.25) is 14.4 Å². The molecule has 0 radical (unpaired) electrons. The second-order valence-corrected chi connectivity index (χ2v) is 10.4. The second kappa shape index (κ2) is 10.4. The van der Waals surface area contributed by atoms with Gasteiger partial charge in [0, 0.05) is 29.6 Å². The van der Waals surface area contributed by atoms with Crippen LogP contribution >= 0.6 is 11.5 Å². The maximum Gasteiger partial charge on any atom is 0.247 e. The predicted octanol–water partition coefficient (Wildman–Crippen LogP) is 3.71. The molecule has 0 bridgehead atoms. The van der Waals surface area contributed by atoms with Crippen LogP contribution in [0.25, 0.3) is 11.3 Å². The molecular weight excluding hydrogens is 438 g/mol. The summed E-state index contributed by atoms with van der Waals surface area (Å²) in [5.74, 6) is -0.808. The van der Waals surface area contributed by atoms with Crippen molar-refractivity contribution < 1.29 is 14.4 Å². The summed E-state index contributed by atoms with van der Waals surface area (Å²) in [5.41, 5.74) is 0.978. The lowest BCUT2D eigenvalue weighted by Gasteiger charge is -2.35. The lowest BCUT2D eigenvalue weighted by atomic mass is 9.85. The van der Waals surface area contributed by atoms with Crippen molar-refractivity contribution in [1.82, 2.24) is 19.8 Å². The number of nitrogens with zero attached hydrogens (tertiary/aromatic N) is 3. The Labute approximate surface area is 199 Å². The minimum Gasteiger partial charge on any atom is -0.344 e. The summed E-state index contributed by atoms with van der Waals surface area (Å²) in [4.78, 5) is 41.0. The van der Waals surface area contributed by atoms with E-state index in [1.807, 2.05) is 65.0 Å². The summed E-state index contributed by atoms with van der Waals surface area (Å²) in [6, 6.07) is 8.22. The van der Waals surface area contributed by atoms with Crippen LogP contribution in [0.1, 0.15) is 53.9 Å². The number of rotatable bonds is 7. The molecule has 178 valence electrons. The van der Waals surface area contributed by atoms with Crippen molar-refractivity contribution in [2.45, 2.75) is 66.0 Å². The van der Waals surface area contributed by atoms with E-state index in [1.54, 1.807) is 4.90 Å². The number of carbonyl (C=O) groups is 3. The molecule has 8 nitrogen and oxygen atoms in total. The van der Waals surface area contributed by atoms with Crippen molar-refractivity contribution in [1.29, 1.82) is 0 Å². The Bertz CT molecular complexity index is 985. The SMILES string of the molecule is CC[C@@H](C)C(=O)N[C@H](C(=O)N1CCC[C@H]1C(=O)Nc1snnc1-c1ccccc1)C(C)(C)C. The number of carbonyl (C=O) groups excluding carboxylic acids is 3. The third-order valence-electron chi connectivity index (χ3n) is 6.07. The molecule has 1 aliphatic rings. The Kier molecular flexibility index (Phi) is 7.84. The molecule has 0 saturated carbocycles. The van der Waals surface area contributed by atoms with Crippen molar-refractivity contribution in [3.05, 3.63) is 30.3 Å². The molecule has 2 aromatic rings. The summed E-state index contributed by atoms with van der Waals surface area (Å²) in [5, 5.41) is 10.6. The van der Waals surface area contributed by atoms with Crippen molar-refractivity contribution >= 4 is 34.3 Å². The van der Waals surface area contributed by atoms with Gasteiger partial charge in [-0.15, -0.1) is 5.10 Å². The highest BCUT2D eigenvalue weighted by Gasteiger charge is 2.42. The molecular formula is C24H33N5O3S. The molecule has 3 atom stereocenters. The average Bonchev–Trinajstić information content (AvgIpc) is 3.45. The molecule has 0 spiro atoms. The number of likely N-dealkylation sites (tertiary alicyclic amines) is 1. The van der Waals surface area contributed by atoms with E-state index >= 15 is 0 Å². The van der Waals surface area contributed by atoms with E-state index < -0.39 is 17.5 Å². The van der Waals surface area contributed by atoms with Crippen LogP contribution in [0.5, 0.6) is 0 Å². The van der Waals surface area contributed by atoms with Gasteiger partial charge in [0.1, 0.15) is 22.8 Å². The molecule has 1 saturated heterocycles. The van der Waals surface area contributed by atoms with E-state index in [1.165, 1.54) is 0 Å². The monoisotopic (exact) mass is 471 g/mol. The number of hydrogen-bond donors (Lipinski definition) is 2. The predicted molar refractivity (Wildman–Crippen MR) is 130 cm³/mol. The van der Waals surface area contributed by atoms with E-state index in [2.05, 4.69) is 20.2 Å². The zero-order valence-corrected chi connectivity index (χ0v) is 20.7. The molecule has 1 aliphatic heterocycles. The van der Waals surface area contributed by atoms with Gasteiger partial charge < -0.3 is 15.5 Å². The van der Waals surface area contributed by atoms with Crippen LogP contribution in [0.4, 0.5) is 5.00 Å². The lowest BCUT2D eigenvalue weighted by molar-refractivity contribution is -0.143. The van der Waals surface area contributed by atoms with Crippen LogP contribution in [0.3, 0.4) is 0 Å². The van der Waals surface area contributed by atoms with E-state index in [4.69, 9.17) is 0 Å². The molecule has 3 rings (SSSR count). The average molecular weight is 472 g/mol. The molecule has 2 N–H and O–H groups in total. The fraction of sp³-hybridized carbons (Fsp3) is 0.542. The number of amides is 3. The van der Waals surface area contributed by atoms with Gasteiger partial charge in [-0.05, 0) is 24.7 Å². The van der Waals surface area contributed by atoms with E-state index in [-0.39, 0.29) is 23.6 Å². The first-order valence-electron chi connectivity index (χ1n) is 11.4. The zero-order valence-electron chi connectivity index (χ0n) is 19.9. The first-order valence-corrected chi connectivity index (χ1v) is 12.2. The maximum absolute atomic E-state index is 13.6. The fourth-order valence-corrected chi connectivity index (χ4v) is 4.44. The largest absolute Gasteiger partial charge is 0.344 e. The Morgan fingerprint density at radius 3 is 2.55 bits per heavy atom. The third kappa shape index (κ3) is 5.76. The molecule has 3 amide bonds. The van der Waals surface area contributed by atoms with Crippen LogP contribution in [-0.2, 0) is 14.4 Å². The normalized spacial score (nSPS) is 18.0. The Balaban J connectivity index is 1.77. The minimum atomic E-state index is -0.711. The van der Waals surface area contributed by atoms with Gasteiger partial charge in [-0.2, -0.15) is 0 Å². The topological polar surface area (TPSA) is 104 Å². The van der Waals surface area contributed by atoms with Gasteiger partial charge in [0.2, 0.25) is 17.7 Å². The van der Waals surface area contributed by atoms with E-state index in [0.717, 1.165) is 23.5 Å². The highest BCUT2D eigenvalue weighted by molar-refractivity contribution is 7.10. The van der Waals surface area contributed by atoms with Crippen molar-refractivity contribution in [2.75, 3.05) is 11.9 Å². The summed E-state index contributed by atoms with van der Waals surface area (Å²) in [7, 11) is 0. The Morgan fingerprint density at radius 2 is 1.91 bits per heavy atom. The van der Waals surface area contributed by atoms with E-state index in [0.29, 0.717) is 30.1 Å². The molecule has 1 aromatic heterocycles. The van der Waals surface area contributed by atoms with Gasteiger partial charge in [-0.25, -0.2) is 0 Å². The van der Waals surface area contributed by atoms with Crippen molar-refractivity contribution in [3.63, 3.8) is 0 Å². The summed E-state index contributed by atoms with van der Waals surface area (Å²) in [6.07, 6.45) is 1.99. The number of benzene rings is 1.